The van der Waals surface area contributed by atoms with Crippen LogP contribution in [0.5, 0.6) is 0 Å². The summed E-state index contributed by atoms with van der Waals surface area (Å²) in [6.07, 6.45) is 1.86. The molecule has 2 aromatic heterocycles. The molecule has 2 fully saturated rings. The second-order valence-electron chi connectivity index (χ2n) is 8.64. The molecule has 1 aromatic carbocycles. The van der Waals surface area contributed by atoms with Gasteiger partial charge in [0.15, 0.2) is 5.82 Å². The third-order valence-corrected chi connectivity index (χ3v) is 6.71. The molecule has 0 bridgehead atoms. The molecule has 5 rings (SSSR count). The molecule has 2 heterocycles. The Hall–Kier alpha value is -2.88. The Morgan fingerprint density at radius 2 is 2.09 bits per heavy atom. The second kappa shape index (κ2) is 8.48. The molecule has 2 aliphatic rings. The highest BCUT2D eigenvalue weighted by Gasteiger charge is 2.51. The van der Waals surface area contributed by atoms with Gasteiger partial charge in [-0.15, -0.1) is 0 Å². The Labute approximate surface area is 192 Å². The first kappa shape index (κ1) is 21.9. The van der Waals surface area contributed by atoms with Gasteiger partial charge in [-0.05, 0) is 55.4 Å². The molecule has 7 nitrogen and oxygen atoms in total. The van der Waals surface area contributed by atoms with Crippen molar-refractivity contribution in [3.63, 3.8) is 0 Å². The van der Waals surface area contributed by atoms with Crippen LogP contribution in [0.15, 0.2) is 28.8 Å². The van der Waals surface area contributed by atoms with Crippen LogP contribution in [0, 0.1) is 11.7 Å². The highest BCUT2D eigenvalue weighted by molar-refractivity contribution is 6.31. The quantitative estimate of drug-likeness (QED) is 0.508. The molecule has 1 N–H and O–H groups in total. The summed E-state index contributed by atoms with van der Waals surface area (Å²) in [5.74, 6) is -0.0161. The molecule has 174 valence electrons. The highest BCUT2D eigenvalue weighted by Crippen LogP contribution is 2.54. The number of carbonyl (C=O) groups excluding carboxylic acids is 1. The zero-order chi connectivity index (χ0) is 23.2. The lowest BCUT2D eigenvalue weighted by Crippen LogP contribution is -2.34. The second-order valence-corrected chi connectivity index (χ2v) is 9.05. The third-order valence-electron chi connectivity index (χ3n) is 6.40. The summed E-state index contributed by atoms with van der Waals surface area (Å²) in [7, 11) is 0. The van der Waals surface area contributed by atoms with Gasteiger partial charge in [-0.2, -0.15) is 10.1 Å². The van der Waals surface area contributed by atoms with Crippen LogP contribution in [0.3, 0.4) is 0 Å². The maximum absolute atomic E-state index is 13.5. The predicted molar refractivity (Wildman–Crippen MR) is 112 cm³/mol. The van der Waals surface area contributed by atoms with E-state index in [1.807, 2.05) is 0 Å². The van der Waals surface area contributed by atoms with Crippen LogP contribution in [0.2, 0.25) is 5.02 Å². The van der Waals surface area contributed by atoms with E-state index in [1.165, 1.54) is 12.1 Å². The van der Waals surface area contributed by atoms with Gasteiger partial charge in [0.2, 0.25) is 5.91 Å². The molecule has 0 spiro atoms. The molecule has 2 aliphatic carbocycles. The number of alkyl halides is 2. The molecule has 0 unspecified atom stereocenters. The summed E-state index contributed by atoms with van der Waals surface area (Å²) in [6, 6.07) is 5.27. The van der Waals surface area contributed by atoms with Crippen LogP contribution in [-0.2, 0) is 16.8 Å². The summed E-state index contributed by atoms with van der Waals surface area (Å²) in [5, 5.41) is 11.0. The normalized spacial score (nSPS) is 17.2. The summed E-state index contributed by atoms with van der Waals surface area (Å²) in [4.78, 5) is 16.8. The van der Waals surface area contributed by atoms with E-state index >= 15 is 0 Å². The minimum absolute atomic E-state index is 0.0271. The molecular weight excluding hydrogens is 459 g/mol. The molecule has 1 amide bonds. The lowest BCUT2D eigenvalue weighted by atomic mass is 9.85. The lowest BCUT2D eigenvalue weighted by Gasteiger charge is -2.25. The third kappa shape index (κ3) is 4.23. The first-order chi connectivity index (χ1) is 15.9. The number of rotatable bonds is 8. The molecule has 2 saturated carbocycles. The molecule has 33 heavy (non-hydrogen) atoms. The number of hydrogen-bond acceptors (Lipinski definition) is 5. The number of amides is 1. The van der Waals surface area contributed by atoms with Crippen LogP contribution in [0.4, 0.5) is 13.2 Å². The van der Waals surface area contributed by atoms with Crippen molar-refractivity contribution >= 4 is 17.5 Å². The molecule has 0 atom stereocenters. The number of halogens is 4. The molecule has 11 heteroatoms. The van der Waals surface area contributed by atoms with E-state index < -0.39 is 23.4 Å². The van der Waals surface area contributed by atoms with Crippen molar-refractivity contribution < 1.29 is 22.5 Å². The fraction of sp³-hybridized carbons (Fsp3) is 0.455. The fourth-order valence-electron chi connectivity index (χ4n) is 4.12. The van der Waals surface area contributed by atoms with Crippen LogP contribution >= 0.6 is 11.6 Å². The van der Waals surface area contributed by atoms with Gasteiger partial charge in [-0.1, -0.05) is 29.2 Å². The number of carbonyl (C=O) groups is 1. The van der Waals surface area contributed by atoms with Crippen molar-refractivity contribution in [3.8, 4) is 11.6 Å². The standard InChI is InChI=1S/C22H21ClF3N5O2/c23-15-8-13(24)4-5-14(15)22(6-7-22)21-28-20(33-30-21)17-9-16(19(25)26)29-31(17)11-18(32)27-10-12-2-1-3-12/h4-5,8-9,12,19H,1-3,6-7,10-11H2,(H,27,32). The van der Waals surface area contributed by atoms with Crippen molar-refractivity contribution in [3.05, 3.63) is 52.2 Å². The first-order valence-corrected chi connectivity index (χ1v) is 11.2. The lowest BCUT2D eigenvalue weighted by molar-refractivity contribution is -0.122. The van der Waals surface area contributed by atoms with E-state index in [2.05, 4.69) is 20.6 Å². The van der Waals surface area contributed by atoms with Gasteiger partial charge < -0.3 is 9.84 Å². The average molecular weight is 480 g/mol. The number of nitrogens with zero attached hydrogens (tertiary/aromatic N) is 4. The average Bonchev–Trinajstić information content (AvgIpc) is 3.17. The first-order valence-electron chi connectivity index (χ1n) is 10.8. The SMILES string of the molecule is O=C(Cn1nc(C(F)F)cc1-c1nc(C2(c3ccc(F)cc3Cl)CC2)no1)NCC1CCC1. The van der Waals surface area contributed by atoms with Crippen molar-refractivity contribution in [2.75, 3.05) is 6.54 Å². The van der Waals surface area contributed by atoms with E-state index in [4.69, 9.17) is 16.1 Å². The van der Waals surface area contributed by atoms with E-state index in [0.29, 0.717) is 36.7 Å². The van der Waals surface area contributed by atoms with Crippen molar-refractivity contribution in [1.29, 1.82) is 0 Å². The maximum Gasteiger partial charge on any atom is 0.282 e. The zero-order valence-electron chi connectivity index (χ0n) is 17.5. The van der Waals surface area contributed by atoms with Gasteiger partial charge in [0.05, 0.1) is 5.41 Å². The highest BCUT2D eigenvalue weighted by atomic mass is 35.5. The van der Waals surface area contributed by atoms with Crippen LogP contribution in [0.1, 0.15) is 55.6 Å². The van der Waals surface area contributed by atoms with Gasteiger partial charge in [0.25, 0.3) is 12.3 Å². The minimum atomic E-state index is -2.82. The smallest absolute Gasteiger partial charge is 0.282 e. The Bertz CT molecular complexity index is 1190. The predicted octanol–water partition coefficient (Wildman–Crippen LogP) is 4.66. The van der Waals surface area contributed by atoms with Crippen LogP contribution in [0.25, 0.3) is 11.6 Å². The number of hydrogen-bond donors (Lipinski definition) is 1. The van der Waals surface area contributed by atoms with Gasteiger partial charge in [-0.3, -0.25) is 4.79 Å². The Balaban J connectivity index is 1.41. The van der Waals surface area contributed by atoms with Gasteiger partial charge in [0.1, 0.15) is 23.7 Å². The Morgan fingerprint density at radius 1 is 1.30 bits per heavy atom. The minimum Gasteiger partial charge on any atom is -0.354 e. The topological polar surface area (TPSA) is 85.8 Å². The van der Waals surface area contributed by atoms with E-state index in [-0.39, 0.29) is 29.1 Å². The summed E-state index contributed by atoms with van der Waals surface area (Å²) in [6.45, 7) is 0.310. The largest absolute Gasteiger partial charge is 0.354 e. The molecule has 3 aromatic rings. The van der Waals surface area contributed by atoms with E-state index in [1.54, 1.807) is 6.07 Å². The summed E-state index contributed by atoms with van der Waals surface area (Å²) < 4.78 is 46.7. The number of nitrogens with one attached hydrogen (secondary N) is 1. The van der Waals surface area contributed by atoms with E-state index in [0.717, 1.165) is 30.0 Å². The maximum atomic E-state index is 13.5. The number of aromatic nitrogens is 4. The van der Waals surface area contributed by atoms with Crippen molar-refractivity contribution in [2.24, 2.45) is 5.92 Å². The molecular formula is C22H21ClF3N5O2. The van der Waals surface area contributed by atoms with Crippen molar-refractivity contribution in [2.45, 2.75) is 50.5 Å². The monoisotopic (exact) mass is 479 g/mol. The van der Waals surface area contributed by atoms with Crippen LogP contribution in [-0.4, -0.2) is 32.4 Å². The van der Waals surface area contributed by atoms with Gasteiger partial charge >= 0.3 is 0 Å². The van der Waals surface area contributed by atoms with Crippen LogP contribution < -0.4 is 5.32 Å². The van der Waals surface area contributed by atoms with Gasteiger partial charge in [0, 0.05) is 11.6 Å². The van der Waals surface area contributed by atoms with E-state index in [9.17, 15) is 18.0 Å². The Kier molecular flexibility index (Phi) is 5.64. The summed E-state index contributed by atoms with van der Waals surface area (Å²) in [5.41, 5.74) is -0.304. The molecule has 0 radical (unpaired) electrons. The van der Waals surface area contributed by atoms with Crippen molar-refractivity contribution in [1.82, 2.24) is 25.2 Å². The number of benzene rings is 1. The molecule has 0 aliphatic heterocycles. The molecule has 0 saturated heterocycles. The zero-order valence-corrected chi connectivity index (χ0v) is 18.3. The van der Waals surface area contributed by atoms with Gasteiger partial charge in [-0.25, -0.2) is 17.9 Å². The fourth-order valence-corrected chi connectivity index (χ4v) is 4.47. The Morgan fingerprint density at radius 3 is 2.73 bits per heavy atom. The summed E-state index contributed by atoms with van der Waals surface area (Å²) >= 11 is 6.25.